The average Bonchev–Trinajstić information content (AvgIpc) is 3.19. The summed E-state index contributed by atoms with van der Waals surface area (Å²) < 4.78 is 2.21. The number of hydrogen-bond donors (Lipinski definition) is 0. The van der Waals surface area contributed by atoms with Gasteiger partial charge in [0.05, 0.1) is 6.54 Å². The number of aromatic nitrogens is 3. The SMILES string of the molecule is c1ccc(-c2nnc(-c3ccccc3)n2Cc2cccc3ccccc23)cc1. The predicted molar refractivity (Wildman–Crippen MR) is 114 cm³/mol. The Hall–Kier alpha value is -3.72. The van der Waals surface area contributed by atoms with Gasteiger partial charge in [-0.05, 0) is 16.3 Å². The van der Waals surface area contributed by atoms with E-state index >= 15 is 0 Å². The number of hydrogen-bond acceptors (Lipinski definition) is 2. The van der Waals surface area contributed by atoms with Crippen LogP contribution >= 0.6 is 0 Å². The van der Waals surface area contributed by atoms with Gasteiger partial charge in [0.1, 0.15) is 0 Å². The zero-order valence-electron chi connectivity index (χ0n) is 15.4. The monoisotopic (exact) mass is 361 g/mol. The Morgan fingerprint density at radius 2 is 1.07 bits per heavy atom. The van der Waals surface area contributed by atoms with Crippen LogP contribution in [0, 0.1) is 0 Å². The first-order valence-electron chi connectivity index (χ1n) is 9.41. The molecule has 0 aliphatic rings. The summed E-state index contributed by atoms with van der Waals surface area (Å²) in [5, 5.41) is 11.6. The summed E-state index contributed by atoms with van der Waals surface area (Å²) in [6, 6.07) is 35.5. The van der Waals surface area contributed by atoms with Crippen LogP contribution in [0.3, 0.4) is 0 Å². The highest BCUT2D eigenvalue weighted by atomic mass is 15.3. The van der Waals surface area contributed by atoms with Crippen molar-refractivity contribution in [2.45, 2.75) is 6.54 Å². The van der Waals surface area contributed by atoms with E-state index in [1.807, 2.05) is 36.4 Å². The Morgan fingerprint density at radius 3 is 1.71 bits per heavy atom. The fourth-order valence-electron chi connectivity index (χ4n) is 3.66. The van der Waals surface area contributed by atoms with Crippen LogP contribution in [0.15, 0.2) is 103 Å². The van der Waals surface area contributed by atoms with Crippen LogP contribution in [0.25, 0.3) is 33.5 Å². The summed E-state index contributed by atoms with van der Waals surface area (Å²) in [4.78, 5) is 0. The highest BCUT2D eigenvalue weighted by Crippen LogP contribution is 2.27. The Morgan fingerprint density at radius 1 is 0.536 bits per heavy atom. The minimum Gasteiger partial charge on any atom is -0.302 e. The lowest BCUT2D eigenvalue weighted by atomic mass is 10.0. The third kappa shape index (κ3) is 2.97. The molecule has 0 bridgehead atoms. The first-order valence-corrected chi connectivity index (χ1v) is 9.41. The molecule has 0 saturated heterocycles. The third-order valence-corrected chi connectivity index (χ3v) is 5.02. The van der Waals surface area contributed by atoms with E-state index in [4.69, 9.17) is 0 Å². The Kier molecular flexibility index (Phi) is 4.19. The van der Waals surface area contributed by atoms with Crippen molar-refractivity contribution in [1.82, 2.24) is 14.8 Å². The van der Waals surface area contributed by atoms with Crippen LogP contribution in [0.4, 0.5) is 0 Å². The largest absolute Gasteiger partial charge is 0.302 e. The molecule has 4 aromatic carbocycles. The van der Waals surface area contributed by atoms with E-state index in [0.29, 0.717) is 6.54 Å². The second-order valence-corrected chi connectivity index (χ2v) is 6.80. The van der Waals surface area contributed by atoms with Crippen LogP contribution in [0.1, 0.15) is 5.56 Å². The molecule has 0 fully saturated rings. The van der Waals surface area contributed by atoms with Gasteiger partial charge in [-0.25, -0.2) is 0 Å². The van der Waals surface area contributed by atoms with Crippen molar-refractivity contribution >= 4 is 10.8 Å². The molecule has 0 N–H and O–H groups in total. The highest BCUT2D eigenvalue weighted by molar-refractivity contribution is 5.85. The molecule has 28 heavy (non-hydrogen) atoms. The van der Waals surface area contributed by atoms with Gasteiger partial charge in [-0.3, -0.25) is 0 Å². The summed E-state index contributed by atoms with van der Waals surface area (Å²) in [6.07, 6.45) is 0. The number of fused-ring (bicyclic) bond motifs is 1. The summed E-state index contributed by atoms with van der Waals surface area (Å²) in [5.41, 5.74) is 3.39. The second kappa shape index (κ2) is 7.12. The Bertz CT molecular complexity index is 1160. The van der Waals surface area contributed by atoms with Crippen molar-refractivity contribution in [3.8, 4) is 22.8 Å². The minimum atomic E-state index is 0.711. The van der Waals surface area contributed by atoms with E-state index in [-0.39, 0.29) is 0 Å². The van der Waals surface area contributed by atoms with Gasteiger partial charge in [-0.15, -0.1) is 10.2 Å². The molecule has 3 heteroatoms. The maximum Gasteiger partial charge on any atom is 0.164 e. The predicted octanol–water partition coefficient (Wildman–Crippen LogP) is 5.81. The van der Waals surface area contributed by atoms with Gasteiger partial charge in [0, 0.05) is 11.1 Å². The zero-order valence-corrected chi connectivity index (χ0v) is 15.4. The first-order chi connectivity index (χ1) is 13.9. The molecule has 0 saturated carbocycles. The van der Waals surface area contributed by atoms with Crippen molar-refractivity contribution in [2.24, 2.45) is 0 Å². The van der Waals surface area contributed by atoms with E-state index in [1.54, 1.807) is 0 Å². The summed E-state index contributed by atoms with van der Waals surface area (Å²) in [6.45, 7) is 0.711. The molecule has 5 aromatic rings. The molecule has 134 valence electrons. The molecule has 0 radical (unpaired) electrons. The van der Waals surface area contributed by atoms with E-state index in [2.05, 4.69) is 81.5 Å². The summed E-state index contributed by atoms with van der Waals surface area (Å²) in [5.74, 6) is 1.76. The molecule has 0 atom stereocenters. The molecular weight excluding hydrogens is 342 g/mol. The maximum atomic E-state index is 4.55. The number of nitrogens with zero attached hydrogens (tertiary/aromatic N) is 3. The minimum absolute atomic E-state index is 0.711. The zero-order chi connectivity index (χ0) is 18.8. The van der Waals surface area contributed by atoms with Gasteiger partial charge in [0.15, 0.2) is 11.6 Å². The van der Waals surface area contributed by atoms with Crippen LogP contribution in [-0.2, 0) is 6.54 Å². The van der Waals surface area contributed by atoms with E-state index in [1.165, 1.54) is 16.3 Å². The van der Waals surface area contributed by atoms with Crippen LogP contribution < -0.4 is 0 Å². The molecule has 0 spiro atoms. The molecule has 3 nitrogen and oxygen atoms in total. The topological polar surface area (TPSA) is 30.7 Å². The molecule has 0 aliphatic carbocycles. The second-order valence-electron chi connectivity index (χ2n) is 6.80. The van der Waals surface area contributed by atoms with E-state index < -0.39 is 0 Å². The van der Waals surface area contributed by atoms with Gasteiger partial charge in [0.2, 0.25) is 0 Å². The fraction of sp³-hybridized carbons (Fsp3) is 0.0400. The first kappa shape index (κ1) is 16.5. The molecule has 0 amide bonds. The average molecular weight is 361 g/mol. The number of rotatable bonds is 4. The van der Waals surface area contributed by atoms with E-state index in [9.17, 15) is 0 Å². The third-order valence-electron chi connectivity index (χ3n) is 5.02. The normalized spacial score (nSPS) is 11.0. The maximum absolute atomic E-state index is 4.55. The van der Waals surface area contributed by atoms with Crippen LogP contribution in [0.5, 0.6) is 0 Å². The van der Waals surface area contributed by atoms with E-state index in [0.717, 1.165) is 22.8 Å². The van der Waals surface area contributed by atoms with Gasteiger partial charge in [-0.2, -0.15) is 0 Å². The lowest BCUT2D eigenvalue weighted by Crippen LogP contribution is -2.05. The molecule has 1 heterocycles. The van der Waals surface area contributed by atoms with Crippen molar-refractivity contribution < 1.29 is 0 Å². The Labute approximate surface area is 163 Å². The summed E-state index contributed by atoms with van der Waals surface area (Å²) in [7, 11) is 0. The number of benzene rings is 4. The molecule has 5 rings (SSSR count). The van der Waals surface area contributed by atoms with Crippen LogP contribution in [0.2, 0.25) is 0 Å². The van der Waals surface area contributed by atoms with Crippen molar-refractivity contribution in [3.05, 3.63) is 109 Å². The van der Waals surface area contributed by atoms with Gasteiger partial charge in [-0.1, -0.05) is 103 Å². The van der Waals surface area contributed by atoms with Gasteiger partial charge in [0.25, 0.3) is 0 Å². The lowest BCUT2D eigenvalue weighted by molar-refractivity contribution is 0.817. The smallest absolute Gasteiger partial charge is 0.164 e. The van der Waals surface area contributed by atoms with Crippen molar-refractivity contribution in [3.63, 3.8) is 0 Å². The van der Waals surface area contributed by atoms with Gasteiger partial charge >= 0.3 is 0 Å². The van der Waals surface area contributed by atoms with Crippen molar-refractivity contribution in [2.75, 3.05) is 0 Å². The summed E-state index contributed by atoms with van der Waals surface area (Å²) >= 11 is 0. The quantitative estimate of drug-likeness (QED) is 0.404. The Balaban J connectivity index is 1.69. The highest BCUT2D eigenvalue weighted by Gasteiger charge is 2.16. The molecular formula is C25H19N3. The molecule has 1 aromatic heterocycles. The molecule has 0 aliphatic heterocycles. The van der Waals surface area contributed by atoms with Crippen molar-refractivity contribution in [1.29, 1.82) is 0 Å². The molecule has 0 unspecified atom stereocenters. The fourth-order valence-corrected chi connectivity index (χ4v) is 3.66. The standard InChI is InChI=1S/C25H19N3/c1-3-11-20(12-4-1)24-26-27-25(21-13-5-2-6-14-21)28(24)18-22-16-9-15-19-10-7-8-17-23(19)22/h1-17H,18H2. The lowest BCUT2D eigenvalue weighted by Gasteiger charge is -2.13. The van der Waals surface area contributed by atoms with Gasteiger partial charge < -0.3 is 4.57 Å². The van der Waals surface area contributed by atoms with Crippen LogP contribution in [-0.4, -0.2) is 14.8 Å².